The molecule has 1 aliphatic heterocycles. The van der Waals surface area contributed by atoms with Crippen LogP contribution in [0.2, 0.25) is 0 Å². The molecule has 34 heavy (non-hydrogen) atoms. The van der Waals surface area contributed by atoms with E-state index >= 15 is 0 Å². The van der Waals surface area contributed by atoms with Crippen molar-refractivity contribution < 1.29 is 38.0 Å². The molecule has 1 fully saturated rings. The SMILES string of the molecule is C=CCO[C@H]1O[C@H](COCc2ccc(OC)cc2)[C@@H](OC(=S)SC)[C@H](OCOC)[C@H]1NC(C)=O. The number of hydrogen-bond acceptors (Lipinski definition) is 10. The highest BCUT2D eigenvalue weighted by atomic mass is 32.2. The van der Waals surface area contributed by atoms with Crippen LogP contribution in [0.3, 0.4) is 0 Å². The highest BCUT2D eigenvalue weighted by Gasteiger charge is 2.49. The molecule has 1 aliphatic rings. The molecule has 1 N–H and O–H groups in total. The van der Waals surface area contributed by atoms with E-state index in [4.69, 9.17) is 45.4 Å². The third-order valence-corrected chi connectivity index (χ3v) is 5.91. The Morgan fingerprint density at radius 3 is 2.56 bits per heavy atom. The lowest BCUT2D eigenvalue weighted by Gasteiger charge is -2.45. The van der Waals surface area contributed by atoms with Gasteiger partial charge in [-0.15, -0.1) is 6.58 Å². The van der Waals surface area contributed by atoms with E-state index in [0.717, 1.165) is 11.3 Å². The van der Waals surface area contributed by atoms with Gasteiger partial charge in [0.1, 0.15) is 30.8 Å². The second-order valence-electron chi connectivity index (χ2n) is 7.33. The topological polar surface area (TPSA) is 93.7 Å². The maximum absolute atomic E-state index is 12.0. The van der Waals surface area contributed by atoms with Crippen molar-refractivity contribution >= 4 is 34.3 Å². The summed E-state index contributed by atoms with van der Waals surface area (Å²) in [4.78, 5) is 12.0. The molecule has 0 aromatic heterocycles. The van der Waals surface area contributed by atoms with Gasteiger partial charge in [0.05, 0.1) is 26.9 Å². The zero-order valence-corrected chi connectivity index (χ0v) is 21.5. The third-order valence-electron chi connectivity index (χ3n) is 4.88. The Kier molecular flexibility index (Phi) is 12.8. The summed E-state index contributed by atoms with van der Waals surface area (Å²) < 4.78 is 40.6. The van der Waals surface area contributed by atoms with Gasteiger partial charge in [-0.05, 0) is 36.2 Å². The monoisotopic (exact) mass is 515 g/mol. The fourth-order valence-electron chi connectivity index (χ4n) is 3.39. The number of carbonyl (C=O) groups is 1. The first-order chi connectivity index (χ1) is 16.4. The fourth-order valence-corrected chi connectivity index (χ4v) is 3.71. The number of carbonyl (C=O) groups excluding carboxylic acids is 1. The Labute approximate surface area is 210 Å². The van der Waals surface area contributed by atoms with E-state index in [-0.39, 0.29) is 25.9 Å². The van der Waals surface area contributed by atoms with Gasteiger partial charge in [-0.25, -0.2) is 0 Å². The van der Waals surface area contributed by atoms with Crippen LogP contribution in [0.5, 0.6) is 5.75 Å². The number of nitrogens with one attached hydrogen (secondary N) is 1. The van der Waals surface area contributed by atoms with Crippen molar-refractivity contribution in [2.24, 2.45) is 0 Å². The first kappa shape index (κ1) is 28.5. The zero-order chi connectivity index (χ0) is 24.9. The predicted molar refractivity (Wildman–Crippen MR) is 133 cm³/mol. The minimum Gasteiger partial charge on any atom is -0.497 e. The Bertz CT molecular complexity index is 779. The first-order valence-corrected chi connectivity index (χ1v) is 12.3. The molecule has 190 valence electrons. The summed E-state index contributed by atoms with van der Waals surface area (Å²) in [5.41, 5.74) is 0.969. The minimum absolute atomic E-state index is 0.0275. The van der Waals surface area contributed by atoms with Crippen LogP contribution in [-0.2, 0) is 39.8 Å². The summed E-state index contributed by atoms with van der Waals surface area (Å²) in [7, 11) is 3.13. The van der Waals surface area contributed by atoms with E-state index in [1.807, 2.05) is 30.5 Å². The molecular formula is C23H33NO8S2. The highest BCUT2D eigenvalue weighted by Crippen LogP contribution is 2.29. The summed E-state index contributed by atoms with van der Waals surface area (Å²) >= 11 is 6.59. The number of rotatable bonds is 13. The number of methoxy groups -OCH3 is 2. The van der Waals surface area contributed by atoms with Gasteiger partial charge >= 0.3 is 0 Å². The number of ether oxygens (including phenoxy) is 7. The lowest BCUT2D eigenvalue weighted by atomic mass is 9.96. The van der Waals surface area contributed by atoms with Crippen LogP contribution >= 0.6 is 24.0 Å². The third kappa shape index (κ3) is 8.81. The van der Waals surface area contributed by atoms with Crippen molar-refractivity contribution in [2.45, 2.75) is 44.2 Å². The predicted octanol–water partition coefficient (Wildman–Crippen LogP) is 2.67. The molecular weight excluding hydrogens is 482 g/mol. The number of benzene rings is 1. The van der Waals surface area contributed by atoms with E-state index in [1.165, 1.54) is 25.8 Å². The molecule has 0 spiro atoms. The molecule has 1 saturated heterocycles. The minimum atomic E-state index is -0.832. The molecule has 0 aliphatic carbocycles. The van der Waals surface area contributed by atoms with Crippen molar-refractivity contribution in [2.75, 3.05) is 40.5 Å². The molecule has 9 nitrogen and oxygen atoms in total. The van der Waals surface area contributed by atoms with Gasteiger partial charge in [0.2, 0.25) is 10.3 Å². The van der Waals surface area contributed by atoms with Gasteiger partial charge in [-0.1, -0.05) is 30.0 Å². The maximum Gasteiger partial charge on any atom is 0.220 e. The van der Waals surface area contributed by atoms with Gasteiger partial charge in [0.15, 0.2) is 12.4 Å². The van der Waals surface area contributed by atoms with Crippen LogP contribution in [0.1, 0.15) is 12.5 Å². The van der Waals surface area contributed by atoms with Crippen molar-refractivity contribution in [3.63, 3.8) is 0 Å². The smallest absolute Gasteiger partial charge is 0.220 e. The van der Waals surface area contributed by atoms with E-state index in [0.29, 0.717) is 11.0 Å². The maximum atomic E-state index is 12.0. The summed E-state index contributed by atoms with van der Waals surface area (Å²) in [5, 5.41) is 2.85. The van der Waals surface area contributed by atoms with Gasteiger partial charge in [0.25, 0.3) is 0 Å². The molecule has 5 atom stereocenters. The number of amides is 1. The average molecular weight is 516 g/mol. The zero-order valence-electron chi connectivity index (χ0n) is 19.9. The molecule has 0 saturated carbocycles. The van der Waals surface area contributed by atoms with E-state index in [2.05, 4.69) is 11.9 Å². The molecule has 0 bridgehead atoms. The molecule has 1 amide bonds. The summed E-state index contributed by atoms with van der Waals surface area (Å²) in [6.07, 6.45) is 0.595. The largest absolute Gasteiger partial charge is 0.497 e. The molecule has 1 aromatic rings. The molecule has 0 unspecified atom stereocenters. The Morgan fingerprint density at radius 2 is 1.97 bits per heavy atom. The van der Waals surface area contributed by atoms with Crippen LogP contribution in [0.25, 0.3) is 0 Å². The van der Waals surface area contributed by atoms with Gasteiger partial charge in [-0.3, -0.25) is 4.79 Å². The normalized spacial score (nSPS) is 24.3. The molecule has 0 radical (unpaired) electrons. The lowest BCUT2D eigenvalue weighted by Crippen LogP contribution is -2.66. The van der Waals surface area contributed by atoms with E-state index < -0.39 is 30.6 Å². The van der Waals surface area contributed by atoms with Crippen LogP contribution in [0, 0.1) is 0 Å². The van der Waals surface area contributed by atoms with E-state index in [9.17, 15) is 4.79 Å². The molecule has 11 heteroatoms. The Hall–Kier alpha value is -1.73. The van der Waals surface area contributed by atoms with Gasteiger partial charge in [0, 0.05) is 14.0 Å². The second kappa shape index (κ2) is 15.3. The second-order valence-corrected chi connectivity index (χ2v) is 8.74. The quantitative estimate of drug-likeness (QED) is 0.240. The first-order valence-electron chi connectivity index (χ1n) is 10.6. The number of thiocarbonyl (C=S) groups is 1. The summed E-state index contributed by atoms with van der Waals surface area (Å²) in [5.74, 6) is 0.495. The van der Waals surface area contributed by atoms with Crippen molar-refractivity contribution in [3.05, 3.63) is 42.5 Å². The summed E-state index contributed by atoms with van der Waals surface area (Å²) in [6, 6.07) is 6.89. The van der Waals surface area contributed by atoms with Crippen LogP contribution in [0.4, 0.5) is 0 Å². The number of hydrogen-bond donors (Lipinski definition) is 1. The van der Waals surface area contributed by atoms with Crippen LogP contribution in [0.15, 0.2) is 36.9 Å². The van der Waals surface area contributed by atoms with Gasteiger partial charge < -0.3 is 38.5 Å². The van der Waals surface area contributed by atoms with Crippen molar-refractivity contribution in [1.82, 2.24) is 5.32 Å². The van der Waals surface area contributed by atoms with Crippen molar-refractivity contribution in [1.29, 1.82) is 0 Å². The van der Waals surface area contributed by atoms with E-state index in [1.54, 1.807) is 13.2 Å². The fraction of sp³-hybridized carbons (Fsp3) is 0.565. The molecule has 1 aromatic carbocycles. The Morgan fingerprint density at radius 1 is 1.24 bits per heavy atom. The molecule has 2 rings (SSSR count). The highest BCUT2D eigenvalue weighted by molar-refractivity contribution is 8.22. The Balaban J connectivity index is 2.23. The average Bonchev–Trinajstić information content (AvgIpc) is 2.83. The van der Waals surface area contributed by atoms with Gasteiger partial charge in [-0.2, -0.15) is 0 Å². The molecule has 1 heterocycles. The number of thioether (sulfide) groups is 1. The van der Waals surface area contributed by atoms with Crippen molar-refractivity contribution in [3.8, 4) is 5.75 Å². The van der Waals surface area contributed by atoms with Crippen LogP contribution < -0.4 is 10.1 Å². The standard InChI is InChI=1S/C23H33NO8S2/c1-6-11-29-22-19(24-15(2)25)21(30-14-26-3)20(32-23(33)34-5)18(31-22)13-28-12-16-7-9-17(27-4)10-8-16/h6-10,18-22H,1,11-14H2,2-5H3,(H,24,25)/t18-,19-,20-,21-,22+/m1/s1. The van der Waals surface area contributed by atoms with Crippen LogP contribution in [-0.4, -0.2) is 81.4 Å². The lowest BCUT2D eigenvalue weighted by molar-refractivity contribution is -0.281. The summed E-state index contributed by atoms with van der Waals surface area (Å²) in [6.45, 7) is 5.79.